The van der Waals surface area contributed by atoms with E-state index in [1.54, 1.807) is 30.3 Å². The van der Waals surface area contributed by atoms with Crippen molar-refractivity contribution in [3.63, 3.8) is 0 Å². The van der Waals surface area contributed by atoms with Crippen LogP contribution in [0.2, 0.25) is 0 Å². The lowest BCUT2D eigenvalue weighted by molar-refractivity contribution is 0.101. The third-order valence-electron chi connectivity index (χ3n) is 2.84. The third-order valence-corrected chi connectivity index (χ3v) is 2.84. The molecule has 0 atom stereocenters. The summed E-state index contributed by atoms with van der Waals surface area (Å²) < 4.78 is 5.41. The summed E-state index contributed by atoms with van der Waals surface area (Å²) in [5.74, 6) is 0.122. The minimum atomic E-state index is -0.364. The van der Waals surface area contributed by atoms with Crippen molar-refractivity contribution in [1.82, 2.24) is 0 Å². The molecule has 0 bridgehead atoms. The first kappa shape index (κ1) is 11.3. The van der Waals surface area contributed by atoms with Crippen molar-refractivity contribution in [2.24, 2.45) is 0 Å². The first-order valence-electron chi connectivity index (χ1n) is 5.70. The number of rotatable bonds is 1. The number of fused-ring (bicyclic) bond motifs is 1. The lowest BCUT2D eigenvalue weighted by atomic mass is 10.1. The van der Waals surface area contributed by atoms with E-state index in [-0.39, 0.29) is 28.6 Å². The van der Waals surface area contributed by atoms with E-state index >= 15 is 0 Å². The number of carbonyl (C=O) groups excluding carboxylic acids is 1. The summed E-state index contributed by atoms with van der Waals surface area (Å²) in [6.07, 6.45) is 1.53. The Morgan fingerprint density at radius 2 is 1.84 bits per heavy atom. The van der Waals surface area contributed by atoms with E-state index in [0.717, 1.165) is 0 Å². The van der Waals surface area contributed by atoms with Crippen molar-refractivity contribution in [1.29, 1.82) is 0 Å². The number of hydrogen-bond acceptors (Lipinski definition) is 4. The Bertz CT molecular complexity index is 701. The van der Waals surface area contributed by atoms with Crippen molar-refractivity contribution in [3.8, 4) is 17.2 Å². The molecule has 0 saturated heterocycles. The fourth-order valence-corrected chi connectivity index (χ4v) is 1.98. The summed E-state index contributed by atoms with van der Waals surface area (Å²) in [6, 6.07) is 11.1. The van der Waals surface area contributed by atoms with Crippen LogP contribution in [-0.2, 0) is 0 Å². The Morgan fingerprint density at radius 1 is 1.05 bits per heavy atom. The Kier molecular flexibility index (Phi) is 2.49. The van der Waals surface area contributed by atoms with Crippen molar-refractivity contribution in [2.75, 3.05) is 0 Å². The normalized spacial score (nSPS) is 15.4. The van der Waals surface area contributed by atoms with Crippen LogP contribution < -0.4 is 4.74 Å². The van der Waals surface area contributed by atoms with Crippen LogP contribution in [0, 0.1) is 0 Å². The third kappa shape index (κ3) is 1.93. The lowest BCUT2D eigenvalue weighted by Crippen LogP contribution is -1.98. The summed E-state index contributed by atoms with van der Waals surface area (Å²) in [7, 11) is 0. The highest BCUT2D eigenvalue weighted by Gasteiger charge is 2.30. The van der Waals surface area contributed by atoms with Gasteiger partial charge < -0.3 is 14.9 Å². The molecule has 2 N–H and O–H groups in total. The van der Waals surface area contributed by atoms with Gasteiger partial charge in [0.25, 0.3) is 0 Å². The molecule has 0 spiro atoms. The standard InChI is InChI=1S/C15H10O4/c16-10-4-1-3-9(7-10)8-13-15(18)14-11(17)5-2-6-12(14)19-13/h1-8,16-17H/b13-8-. The molecule has 94 valence electrons. The molecule has 1 aliphatic rings. The number of ether oxygens (including phenoxy) is 1. The zero-order chi connectivity index (χ0) is 13.4. The average Bonchev–Trinajstić information content (AvgIpc) is 2.68. The molecular formula is C15H10O4. The lowest BCUT2D eigenvalue weighted by Gasteiger charge is -1.99. The Balaban J connectivity index is 2.03. The molecule has 2 aromatic carbocycles. The molecule has 0 aliphatic carbocycles. The molecule has 4 heteroatoms. The smallest absolute Gasteiger partial charge is 0.235 e. The minimum absolute atomic E-state index is 0.0955. The van der Waals surface area contributed by atoms with Crippen LogP contribution in [-0.4, -0.2) is 16.0 Å². The van der Waals surface area contributed by atoms with E-state index in [1.807, 2.05) is 0 Å². The molecule has 1 heterocycles. The maximum atomic E-state index is 12.1. The van der Waals surface area contributed by atoms with Gasteiger partial charge in [-0.25, -0.2) is 0 Å². The summed E-state index contributed by atoms with van der Waals surface area (Å²) in [6.45, 7) is 0. The average molecular weight is 254 g/mol. The molecule has 0 unspecified atom stereocenters. The number of hydrogen-bond donors (Lipinski definition) is 2. The molecule has 0 radical (unpaired) electrons. The van der Waals surface area contributed by atoms with Crippen LogP contribution in [0.3, 0.4) is 0 Å². The van der Waals surface area contributed by atoms with Crippen molar-refractivity contribution >= 4 is 11.9 Å². The van der Waals surface area contributed by atoms with Crippen LogP contribution in [0.1, 0.15) is 15.9 Å². The second kappa shape index (κ2) is 4.17. The van der Waals surface area contributed by atoms with Gasteiger partial charge in [0, 0.05) is 0 Å². The molecule has 0 amide bonds. The van der Waals surface area contributed by atoms with Crippen molar-refractivity contribution in [2.45, 2.75) is 0 Å². The molecule has 4 nitrogen and oxygen atoms in total. The summed E-state index contributed by atoms with van der Waals surface area (Å²) in [4.78, 5) is 12.1. The van der Waals surface area contributed by atoms with Gasteiger partial charge in [-0.3, -0.25) is 4.79 Å². The quantitative estimate of drug-likeness (QED) is 0.768. The first-order chi connectivity index (χ1) is 9.15. The highest BCUT2D eigenvalue weighted by molar-refractivity contribution is 6.16. The molecule has 2 aromatic rings. The number of ketones is 1. The molecular weight excluding hydrogens is 244 g/mol. The van der Waals surface area contributed by atoms with Gasteiger partial charge in [0.15, 0.2) is 5.76 Å². The number of phenolic OH excluding ortho intramolecular Hbond substituents is 2. The Hall–Kier alpha value is -2.75. The molecule has 19 heavy (non-hydrogen) atoms. The highest BCUT2D eigenvalue weighted by Crippen LogP contribution is 2.37. The zero-order valence-electron chi connectivity index (χ0n) is 9.83. The van der Waals surface area contributed by atoms with Gasteiger partial charge in [-0.15, -0.1) is 0 Å². The number of Topliss-reactive ketones (excluding diaryl/α,β-unsaturated/α-hetero) is 1. The SMILES string of the molecule is O=C1/C(=C/c2cccc(O)c2)Oc2cccc(O)c21. The van der Waals surface area contributed by atoms with Gasteiger partial charge in [-0.05, 0) is 35.9 Å². The second-order valence-corrected chi connectivity index (χ2v) is 4.19. The number of benzene rings is 2. The fourth-order valence-electron chi connectivity index (χ4n) is 1.98. The van der Waals surface area contributed by atoms with Gasteiger partial charge in [-0.1, -0.05) is 18.2 Å². The second-order valence-electron chi connectivity index (χ2n) is 4.19. The predicted octanol–water partition coefficient (Wildman–Crippen LogP) is 2.71. The van der Waals surface area contributed by atoms with E-state index < -0.39 is 0 Å². The number of phenols is 2. The monoisotopic (exact) mass is 254 g/mol. The number of aromatic hydroxyl groups is 2. The van der Waals surface area contributed by atoms with Gasteiger partial charge >= 0.3 is 0 Å². The molecule has 3 rings (SSSR count). The van der Waals surface area contributed by atoms with Gasteiger partial charge in [-0.2, -0.15) is 0 Å². The summed E-state index contributed by atoms with van der Waals surface area (Å²) >= 11 is 0. The van der Waals surface area contributed by atoms with E-state index in [9.17, 15) is 15.0 Å². The largest absolute Gasteiger partial charge is 0.508 e. The predicted molar refractivity (Wildman–Crippen MR) is 69.1 cm³/mol. The fraction of sp³-hybridized carbons (Fsp3) is 0. The van der Waals surface area contributed by atoms with Gasteiger partial charge in [0.1, 0.15) is 22.8 Å². The van der Waals surface area contributed by atoms with Crippen LogP contribution in [0.15, 0.2) is 48.2 Å². The maximum Gasteiger partial charge on any atom is 0.235 e. The Morgan fingerprint density at radius 3 is 2.58 bits per heavy atom. The Labute approximate surface area is 109 Å². The number of allylic oxidation sites excluding steroid dienone is 1. The van der Waals surface area contributed by atoms with Crippen LogP contribution >= 0.6 is 0 Å². The van der Waals surface area contributed by atoms with Crippen LogP contribution in [0.5, 0.6) is 17.2 Å². The molecule has 1 aliphatic heterocycles. The minimum Gasteiger partial charge on any atom is -0.508 e. The molecule has 0 saturated carbocycles. The molecule has 0 aromatic heterocycles. The van der Waals surface area contributed by atoms with Crippen LogP contribution in [0.4, 0.5) is 0 Å². The topological polar surface area (TPSA) is 66.8 Å². The molecule has 0 fully saturated rings. The van der Waals surface area contributed by atoms with Gasteiger partial charge in [0.2, 0.25) is 5.78 Å². The van der Waals surface area contributed by atoms with E-state index in [1.165, 1.54) is 18.2 Å². The summed E-state index contributed by atoms with van der Waals surface area (Å²) in [5.41, 5.74) is 0.824. The zero-order valence-corrected chi connectivity index (χ0v) is 9.83. The highest BCUT2D eigenvalue weighted by atomic mass is 16.5. The van der Waals surface area contributed by atoms with Crippen molar-refractivity contribution in [3.05, 3.63) is 59.4 Å². The first-order valence-corrected chi connectivity index (χ1v) is 5.70. The van der Waals surface area contributed by atoms with Crippen molar-refractivity contribution < 1.29 is 19.7 Å². The van der Waals surface area contributed by atoms with Gasteiger partial charge in [0.05, 0.1) is 0 Å². The van der Waals surface area contributed by atoms with E-state index in [0.29, 0.717) is 11.3 Å². The van der Waals surface area contributed by atoms with Crippen LogP contribution in [0.25, 0.3) is 6.08 Å². The maximum absolute atomic E-state index is 12.1. The van der Waals surface area contributed by atoms with E-state index in [2.05, 4.69) is 0 Å². The summed E-state index contributed by atoms with van der Waals surface area (Å²) in [5, 5.41) is 19.0. The van der Waals surface area contributed by atoms with E-state index in [4.69, 9.17) is 4.74 Å². The number of carbonyl (C=O) groups is 1.